The Morgan fingerprint density at radius 2 is 1.75 bits per heavy atom. The van der Waals surface area contributed by atoms with E-state index in [1.165, 1.54) is 4.68 Å². The highest BCUT2D eigenvalue weighted by atomic mass is 16.5. The van der Waals surface area contributed by atoms with E-state index in [1.54, 1.807) is 24.3 Å². The standard InChI is InChI=1S/C17H20N4O3/c1-3-19(4-2)10-7-11-20-15-14(18-21(20)24)16(22)12-8-5-6-9-13(12)17(15)23/h5-6,8-9H,3-4,7,10-11H2,1-2H3. The van der Waals surface area contributed by atoms with Gasteiger partial charge in [-0.25, -0.2) is 0 Å². The van der Waals surface area contributed by atoms with Crippen molar-refractivity contribution < 1.29 is 14.5 Å². The summed E-state index contributed by atoms with van der Waals surface area (Å²) in [7, 11) is 0. The summed E-state index contributed by atoms with van der Waals surface area (Å²) in [6, 6.07) is 6.61. The van der Waals surface area contributed by atoms with Crippen LogP contribution < -0.4 is 4.96 Å². The number of hydrogen-bond acceptors (Lipinski definition) is 5. The summed E-state index contributed by atoms with van der Waals surface area (Å²) >= 11 is 0. The minimum Gasteiger partial charge on any atom is -0.571 e. The Bertz CT molecular complexity index is 793. The van der Waals surface area contributed by atoms with Crippen LogP contribution in [0.4, 0.5) is 0 Å². The molecule has 1 aromatic heterocycles. The van der Waals surface area contributed by atoms with Gasteiger partial charge in [0.25, 0.3) is 0 Å². The van der Waals surface area contributed by atoms with Gasteiger partial charge < -0.3 is 10.1 Å². The van der Waals surface area contributed by atoms with Gasteiger partial charge in [-0.3, -0.25) is 9.59 Å². The van der Waals surface area contributed by atoms with Crippen LogP contribution in [0.5, 0.6) is 0 Å². The third-order valence-corrected chi connectivity index (χ3v) is 4.46. The summed E-state index contributed by atoms with van der Waals surface area (Å²) in [5, 5.41) is 15.9. The normalized spacial score (nSPS) is 13.3. The van der Waals surface area contributed by atoms with Gasteiger partial charge in [0.2, 0.25) is 17.3 Å². The average molecular weight is 328 g/mol. The van der Waals surface area contributed by atoms with Crippen molar-refractivity contribution in [2.75, 3.05) is 19.6 Å². The van der Waals surface area contributed by atoms with Crippen LogP contribution in [0.2, 0.25) is 0 Å². The number of carbonyl (C=O) groups excluding carboxylic acids is 2. The molecule has 0 fully saturated rings. The van der Waals surface area contributed by atoms with Crippen molar-refractivity contribution in [1.82, 2.24) is 14.7 Å². The lowest BCUT2D eigenvalue weighted by atomic mass is 9.90. The van der Waals surface area contributed by atoms with E-state index in [9.17, 15) is 14.8 Å². The lowest BCUT2D eigenvalue weighted by Crippen LogP contribution is -2.42. The van der Waals surface area contributed by atoms with Crippen molar-refractivity contribution in [1.29, 1.82) is 0 Å². The minimum absolute atomic E-state index is 0.0449. The molecule has 2 aromatic rings. The third-order valence-electron chi connectivity index (χ3n) is 4.46. The maximum Gasteiger partial charge on any atom is 0.220 e. The van der Waals surface area contributed by atoms with E-state index in [4.69, 9.17) is 0 Å². The van der Waals surface area contributed by atoms with Crippen LogP contribution in [0.15, 0.2) is 24.3 Å². The molecule has 1 heterocycles. The Labute approximate surface area is 140 Å². The van der Waals surface area contributed by atoms with Gasteiger partial charge in [-0.15, -0.1) is 4.68 Å². The molecule has 0 bridgehead atoms. The van der Waals surface area contributed by atoms with E-state index < -0.39 is 0 Å². The first kappa shape index (κ1) is 16.3. The molecule has 7 heteroatoms. The number of carbonyl (C=O) groups is 2. The SMILES string of the molecule is CCN(CC)CCCn1c2c(n[n+]1[O-])C(=O)c1ccccc1C2=O. The van der Waals surface area contributed by atoms with Gasteiger partial charge in [-0.2, -0.15) is 0 Å². The molecule has 1 aromatic carbocycles. The van der Waals surface area contributed by atoms with Crippen LogP contribution >= 0.6 is 0 Å². The van der Waals surface area contributed by atoms with E-state index >= 15 is 0 Å². The molecule has 3 rings (SSSR count). The Kier molecular flexibility index (Phi) is 4.44. The van der Waals surface area contributed by atoms with Crippen LogP contribution in [-0.4, -0.2) is 45.9 Å². The summed E-state index contributed by atoms with van der Waals surface area (Å²) in [4.78, 5) is 27.8. The van der Waals surface area contributed by atoms with Gasteiger partial charge in [0.05, 0.1) is 6.54 Å². The van der Waals surface area contributed by atoms with Crippen LogP contribution in [0.25, 0.3) is 0 Å². The van der Waals surface area contributed by atoms with E-state index in [2.05, 4.69) is 23.8 Å². The lowest BCUT2D eigenvalue weighted by molar-refractivity contribution is -0.749. The fourth-order valence-electron chi connectivity index (χ4n) is 3.09. The van der Waals surface area contributed by atoms with Crippen molar-refractivity contribution in [3.05, 3.63) is 52.0 Å². The molecule has 0 spiro atoms. The second kappa shape index (κ2) is 6.52. The molecule has 7 nitrogen and oxygen atoms in total. The minimum atomic E-state index is -0.368. The average Bonchev–Trinajstić information content (AvgIpc) is 2.93. The zero-order chi connectivity index (χ0) is 17.3. The molecular weight excluding hydrogens is 308 g/mol. The van der Waals surface area contributed by atoms with Crippen molar-refractivity contribution >= 4 is 11.6 Å². The molecule has 0 unspecified atom stereocenters. The lowest BCUT2D eigenvalue weighted by Gasteiger charge is -2.17. The van der Waals surface area contributed by atoms with Crippen LogP contribution in [0, 0.1) is 5.21 Å². The second-order valence-electron chi connectivity index (χ2n) is 5.76. The number of rotatable bonds is 6. The van der Waals surface area contributed by atoms with Gasteiger partial charge in [-0.1, -0.05) is 38.1 Å². The Morgan fingerprint density at radius 3 is 2.38 bits per heavy atom. The van der Waals surface area contributed by atoms with Gasteiger partial charge in [-0.05, 0) is 19.5 Å². The molecule has 0 aliphatic heterocycles. The topological polar surface area (TPSA) is 82.1 Å². The number of fused-ring (bicyclic) bond motifs is 2. The molecule has 0 amide bonds. The smallest absolute Gasteiger partial charge is 0.220 e. The zero-order valence-corrected chi connectivity index (χ0v) is 13.9. The maximum absolute atomic E-state index is 12.7. The van der Waals surface area contributed by atoms with Gasteiger partial charge >= 0.3 is 0 Å². The van der Waals surface area contributed by atoms with Crippen molar-refractivity contribution in [2.45, 2.75) is 26.8 Å². The first-order chi connectivity index (χ1) is 11.6. The molecule has 1 aliphatic carbocycles. The Hall–Kier alpha value is -2.54. The fourth-order valence-corrected chi connectivity index (χ4v) is 3.09. The summed E-state index contributed by atoms with van der Waals surface area (Å²) in [6.45, 7) is 7.19. The molecule has 24 heavy (non-hydrogen) atoms. The van der Waals surface area contributed by atoms with Crippen molar-refractivity contribution in [3.8, 4) is 0 Å². The predicted octanol–water partition coefficient (Wildman–Crippen LogP) is 1.02. The number of nitrogens with zero attached hydrogens (tertiary/aromatic N) is 4. The van der Waals surface area contributed by atoms with E-state index in [-0.39, 0.29) is 23.0 Å². The first-order valence-corrected chi connectivity index (χ1v) is 8.19. The Balaban J connectivity index is 1.90. The number of benzene rings is 1. The number of hydrogen-bond donors (Lipinski definition) is 0. The Morgan fingerprint density at radius 1 is 1.12 bits per heavy atom. The third kappa shape index (κ3) is 2.60. The first-order valence-electron chi connectivity index (χ1n) is 8.19. The maximum atomic E-state index is 12.7. The fraction of sp³-hybridized carbons (Fsp3) is 0.412. The molecule has 0 N–H and O–H groups in total. The van der Waals surface area contributed by atoms with Crippen LogP contribution in [0.1, 0.15) is 52.4 Å². The van der Waals surface area contributed by atoms with Crippen LogP contribution in [-0.2, 0) is 6.54 Å². The molecule has 0 atom stereocenters. The molecule has 1 aliphatic rings. The molecule has 0 radical (unpaired) electrons. The van der Waals surface area contributed by atoms with Gasteiger partial charge in [0.1, 0.15) is 0 Å². The van der Waals surface area contributed by atoms with E-state index in [1.807, 2.05) is 0 Å². The quantitative estimate of drug-likeness (QED) is 0.498. The molecule has 126 valence electrons. The monoisotopic (exact) mass is 328 g/mol. The van der Waals surface area contributed by atoms with Gasteiger partial charge in [0, 0.05) is 27.7 Å². The molecular formula is C17H20N4O3. The highest BCUT2D eigenvalue weighted by Gasteiger charge is 2.38. The van der Waals surface area contributed by atoms with Crippen molar-refractivity contribution in [2.24, 2.45) is 0 Å². The predicted molar refractivity (Wildman–Crippen MR) is 86.9 cm³/mol. The molecule has 0 saturated carbocycles. The zero-order valence-electron chi connectivity index (χ0n) is 13.9. The summed E-state index contributed by atoms with van der Waals surface area (Å²) < 4.78 is 1.27. The van der Waals surface area contributed by atoms with Crippen molar-refractivity contribution in [3.63, 3.8) is 0 Å². The van der Waals surface area contributed by atoms with Crippen LogP contribution in [0.3, 0.4) is 0 Å². The summed E-state index contributed by atoms with van der Waals surface area (Å²) in [6.07, 6.45) is 0.704. The highest BCUT2D eigenvalue weighted by molar-refractivity contribution is 6.26. The number of aromatic nitrogens is 3. The summed E-state index contributed by atoms with van der Waals surface area (Å²) in [5.74, 6) is -0.683. The second-order valence-corrected chi connectivity index (χ2v) is 5.76. The van der Waals surface area contributed by atoms with E-state index in [0.29, 0.717) is 29.1 Å². The summed E-state index contributed by atoms with van der Waals surface area (Å²) in [5.41, 5.74) is 0.702. The highest BCUT2D eigenvalue weighted by Crippen LogP contribution is 2.25. The number of ketones is 2. The largest absolute Gasteiger partial charge is 0.571 e. The molecule has 0 saturated heterocycles. The van der Waals surface area contributed by atoms with E-state index in [0.717, 1.165) is 19.6 Å². The van der Waals surface area contributed by atoms with Gasteiger partial charge in [0.15, 0.2) is 5.69 Å².